The van der Waals surface area contributed by atoms with Crippen molar-refractivity contribution in [3.05, 3.63) is 57.6 Å². The molecule has 0 aliphatic carbocycles. The molecule has 0 amide bonds. The molecule has 0 bridgehead atoms. The van der Waals surface area contributed by atoms with E-state index in [1.165, 1.54) is 19.2 Å². The summed E-state index contributed by atoms with van der Waals surface area (Å²) in [6, 6.07) is 11.5. The van der Waals surface area contributed by atoms with Gasteiger partial charge in [0.25, 0.3) is 5.69 Å². The fourth-order valence-corrected chi connectivity index (χ4v) is 4.10. The lowest BCUT2D eigenvalue weighted by Crippen LogP contribution is -2.46. The summed E-state index contributed by atoms with van der Waals surface area (Å²) in [7, 11) is -2.48. The molecule has 2 aromatic carbocycles. The Labute approximate surface area is 162 Å². The lowest BCUT2D eigenvalue weighted by Gasteiger charge is -2.37. The van der Waals surface area contributed by atoms with Crippen LogP contribution in [0.2, 0.25) is 5.02 Å². The van der Waals surface area contributed by atoms with E-state index in [4.69, 9.17) is 11.6 Å². The van der Waals surface area contributed by atoms with Crippen LogP contribution in [0.25, 0.3) is 0 Å². The van der Waals surface area contributed by atoms with Crippen molar-refractivity contribution in [3.8, 4) is 0 Å². The Hall–Kier alpha value is -2.36. The molecule has 1 heterocycles. The fraction of sp³-hybridized carbons (Fsp3) is 0.294. The van der Waals surface area contributed by atoms with Crippen LogP contribution in [0.15, 0.2) is 47.4 Å². The van der Waals surface area contributed by atoms with E-state index in [1.807, 2.05) is 29.2 Å². The predicted octanol–water partition coefficient (Wildman–Crippen LogP) is 2.48. The quantitative estimate of drug-likeness (QED) is 0.601. The molecule has 27 heavy (non-hydrogen) atoms. The number of hydrogen-bond donors (Lipinski definition) is 1. The van der Waals surface area contributed by atoms with Gasteiger partial charge >= 0.3 is 0 Å². The highest BCUT2D eigenvalue weighted by Crippen LogP contribution is 2.33. The number of anilines is 2. The van der Waals surface area contributed by atoms with Crippen LogP contribution in [0, 0.1) is 10.1 Å². The molecule has 0 saturated carbocycles. The molecule has 8 nitrogen and oxygen atoms in total. The van der Waals surface area contributed by atoms with Gasteiger partial charge in [0, 0.05) is 32.2 Å². The van der Waals surface area contributed by atoms with Crippen molar-refractivity contribution >= 4 is 38.7 Å². The molecular formula is C17H19ClN4O4S. The van der Waals surface area contributed by atoms with Gasteiger partial charge < -0.3 is 9.80 Å². The summed E-state index contributed by atoms with van der Waals surface area (Å²) in [5, 5.41) is 12.2. The number of nitrogens with one attached hydrogen (secondary N) is 1. The molecular weight excluding hydrogens is 392 g/mol. The number of nitrogens with zero attached hydrogens (tertiary/aromatic N) is 3. The number of rotatable bonds is 5. The Morgan fingerprint density at radius 1 is 1.04 bits per heavy atom. The maximum absolute atomic E-state index is 11.9. The number of sulfonamides is 1. The zero-order chi connectivity index (χ0) is 19.6. The van der Waals surface area contributed by atoms with Crippen LogP contribution >= 0.6 is 11.6 Å². The van der Waals surface area contributed by atoms with E-state index in [9.17, 15) is 18.5 Å². The van der Waals surface area contributed by atoms with E-state index in [2.05, 4.69) is 9.62 Å². The van der Waals surface area contributed by atoms with E-state index in [0.717, 1.165) is 11.8 Å². The molecule has 0 atom stereocenters. The molecule has 0 spiro atoms. The Morgan fingerprint density at radius 3 is 2.19 bits per heavy atom. The Morgan fingerprint density at radius 2 is 1.63 bits per heavy atom. The third-order valence-corrected chi connectivity index (χ3v) is 6.27. The van der Waals surface area contributed by atoms with Gasteiger partial charge in [0.15, 0.2) is 0 Å². The summed E-state index contributed by atoms with van der Waals surface area (Å²) in [5.41, 5.74) is 1.12. The highest BCUT2D eigenvalue weighted by Gasteiger charge is 2.26. The minimum atomic E-state index is -3.75. The van der Waals surface area contributed by atoms with Gasteiger partial charge in [-0.1, -0.05) is 23.7 Å². The maximum Gasteiger partial charge on any atom is 0.293 e. The summed E-state index contributed by atoms with van der Waals surface area (Å²) < 4.78 is 26.0. The van der Waals surface area contributed by atoms with E-state index < -0.39 is 14.9 Å². The molecule has 144 valence electrons. The normalized spacial score (nSPS) is 15.0. The molecule has 1 N–H and O–H groups in total. The minimum absolute atomic E-state index is 0.129. The first-order valence-electron chi connectivity index (χ1n) is 8.30. The van der Waals surface area contributed by atoms with Gasteiger partial charge in [0.1, 0.15) is 5.69 Å². The SMILES string of the molecule is CNS(=O)(=O)c1ccc(N2CCN(c3ccccc3Cl)CC2)c([N+](=O)[O-])c1. The van der Waals surface area contributed by atoms with Crippen LogP contribution in [-0.2, 0) is 10.0 Å². The first-order chi connectivity index (χ1) is 12.8. The number of piperazine rings is 1. The zero-order valence-corrected chi connectivity index (χ0v) is 16.2. The average molecular weight is 411 g/mol. The second kappa shape index (κ2) is 7.71. The highest BCUT2D eigenvalue weighted by atomic mass is 35.5. The lowest BCUT2D eigenvalue weighted by atomic mass is 10.2. The van der Waals surface area contributed by atoms with Crippen molar-refractivity contribution in [1.82, 2.24) is 4.72 Å². The third kappa shape index (κ3) is 4.00. The third-order valence-electron chi connectivity index (χ3n) is 4.54. The summed E-state index contributed by atoms with van der Waals surface area (Å²) in [4.78, 5) is 14.8. The number of nitro groups is 1. The highest BCUT2D eigenvalue weighted by molar-refractivity contribution is 7.89. The molecule has 1 aliphatic heterocycles. The topological polar surface area (TPSA) is 95.8 Å². The molecule has 0 unspecified atom stereocenters. The van der Waals surface area contributed by atoms with Crippen LogP contribution in [0.4, 0.5) is 17.1 Å². The molecule has 2 aromatic rings. The largest absolute Gasteiger partial charge is 0.367 e. The average Bonchev–Trinajstić information content (AvgIpc) is 2.68. The van der Waals surface area contributed by atoms with E-state index in [1.54, 1.807) is 0 Å². The second-order valence-electron chi connectivity index (χ2n) is 6.04. The molecule has 1 saturated heterocycles. The van der Waals surface area contributed by atoms with Crippen LogP contribution in [-0.4, -0.2) is 46.6 Å². The molecule has 1 fully saturated rings. The number of nitro benzene ring substituents is 1. The molecule has 1 aliphatic rings. The van der Waals surface area contributed by atoms with Crippen LogP contribution in [0.3, 0.4) is 0 Å². The maximum atomic E-state index is 11.9. The summed E-state index contributed by atoms with van der Waals surface area (Å²) in [5.74, 6) is 0. The number of para-hydroxylation sites is 1. The van der Waals surface area contributed by atoms with Gasteiger partial charge in [-0.2, -0.15) is 0 Å². The fourth-order valence-electron chi connectivity index (χ4n) is 3.10. The molecule has 10 heteroatoms. The number of halogens is 1. The van der Waals surface area contributed by atoms with Crippen molar-refractivity contribution in [3.63, 3.8) is 0 Å². The molecule has 3 rings (SSSR count). The summed E-state index contributed by atoms with van der Waals surface area (Å²) >= 11 is 6.24. The van der Waals surface area contributed by atoms with Gasteiger partial charge in [0.05, 0.1) is 20.5 Å². The van der Waals surface area contributed by atoms with E-state index >= 15 is 0 Å². The van der Waals surface area contributed by atoms with Crippen LogP contribution in [0.5, 0.6) is 0 Å². The van der Waals surface area contributed by atoms with Gasteiger partial charge in [-0.3, -0.25) is 10.1 Å². The Balaban J connectivity index is 1.84. The Kier molecular flexibility index (Phi) is 5.54. The first-order valence-corrected chi connectivity index (χ1v) is 10.2. The first kappa shape index (κ1) is 19.4. The van der Waals surface area contributed by atoms with Gasteiger partial charge in [0.2, 0.25) is 10.0 Å². The van der Waals surface area contributed by atoms with Crippen molar-refractivity contribution in [2.45, 2.75) is 4.90 Å². The molecule has 0 radical (unpaired) electrons. The summed E-state index contributed by atoms with van der Waals surface area (Å²) in [6.45, 7) is 2.42. The van der Waals surface area contributed by atoms with E-state index in [-0.39, 0.29) is 10.6 Å². The summed E-state index contributed by atoms with van der Waals surface area (Å²) in [6.07, 6.45) is 0. The zero-order valence-electron chi connectivity index (χ0n) is 14.6. The predicted molar refractivity (Wildman–Crippen MR) is 105 cm³/mol. The smallest absolute Gasteiger partial charge is 0.293 e. The minimum Gasteiger partial charge on any atom is -0.367 e. The lowest BCUT2D eigenvalue weighted by molar-refractivity contribution is -0.384. The number of benzene rings is 2. The van der Waals surface area contributed by atoms with Gasteiger partial charge in [-0.25, -0.2) is 13.1 Å². The second-order valence-corrected chi connectivity index (χ2v) is 8.33. The van der Waals surface area contributed by atoms with Gasteiger partial charge in [-0.05, 0) is 31.3 Å². The van der Waals surface area contributed by atoms with Crippen molar-refractivity contribution in [2.24, 2.45) is 0 Å². The van der Waals surface area contributed by atoms with Crippen LogP contribution < -0.4 is 14.5 Å². The molecule has 0 aromatic heterocycles. The Bertz CT molecular complexity index is 959. The standard InChI is InChI=1S/C17H19ClN4O4S/c1-19-27(25,26)13-6-7-16(17(12-13)22(23)24)21-10-8-20(9-11-21)15-5-3-2-4-14(15)18/h2-7,12,19H,8-11H2,1H3. The monoisotopic (exact) mass is 410 g/mol. The van der Waals surface area contributed by atoms with Gasteiger partial charge in [-0.15, -0.1) is 0 Å². The van der Waals surface area contributed by atoms with E-state index in [0.29, 0.717) is 36.9 Å². The van der Waals surface area contributed by atoms with Crippen molar-refractivity contribution in [2.75, 3.05) is 43.0 Å². The van der Waals surface area contributed by atoms with Crippen molar-refractivity contribution in [1.29, 1.82) is 0 Å². The van der Waals surface area contributed by atoms with Crippen molar-refractivity contribution < 1.29 is 13.3 Å². The number of hydrogen-bond acceptors (Lipinski definition) is 6. The van der Waals surface area contributed by atoms with Crippen LogP contribution in [0.1, 0.15) is 0 Å².